The van der Waals surface area contributed by atoms with Gasteiger partial charge in [0, 0.05) is 0 Å². The molecule has 0 spiro atoms. The Morgan fingerprint density at radius 3 is 2.58 bits per heavy atom. The number of hydrogen-bond donors (Lipinski definition) is 0. The smallest absolute Gasteiger partial charge is 0.309 e. The molecule has 2 rings (SSSR count). The molecule has 0 bridgehead atoms. The molecule has 0 aliphatic rings. The van der Waals surface area contributed by atoms with Crippen LogP contribution in [0.3, 0.4) is 0 Å². The second-order valence-corrected chi connectivity index (χ2v) is 6.16. The van der Waals surface area contributed by atoms with Gasteiger partial charge in [0.1, 0.15) is 5.52 Å². The van der Waals surface area contributed by atoms with Gasteiger partial charge in [0.05, 0.1) is 31.4 Å². The van der Waals surface area contributed by atoms with E-state index in [1.807, 2.05) is 24.3 Å². The Balaban J connectivity index is 2.10. The number of para-hydroxylation sites is 1. The van der Waals surface area contributed by atoms with Crippen molar-refractivity contribution in [2.75, 3.05) is 19.4 Å². The normalized spacial score (nSPS) is 12.1. The Morgan fingerprint density at radius 1 is 1.21 bits per heavy atom. The fraction of sp³-hybridized carbons (Fsp3) is 0.500. The predicted octanol–water partition coefficient (Wildman–Crippen LogP) is 2.70. The lowest BCUT2D eigenvalue weighted by molar-refractivity contribution is 0.219. The minimum absolute atomic E-state index is 0.294. The number of fused-ring (bicyclic) bond motifs is 1. The second kappa shape index (κ2) is 6.28. The summed E-state index contributed by atoms with van der Waals surface area (Å²) in [5.74, 6) is 0. The van der Waals surface area contributed by atoms with Crippen molar-refractivity contribution in [1.29, 1.82) is 0 Å². The largest absolute Gasteiger partial charge is 0.332 e. The molecular formula is C12H18N3O3P. The van der Waals surface area contributed by atoms with Crippen molar-refractivity contribution in [3.63, 3.8) is 0 Å². The number of nitrogens with zero attached hydrogens (tertiary/aromatic N) is 3. The number of aromatic nitrogens is 3. The Labute approximate surface area is 112 Å². The highest BCUT2D eigenvalue weighted by molar-refractivity contribution is 7.53. The van der Waals surface area contributed by atoms with Crippen molar-refractivity contribution >= 4 is 18.6 Å². The zero-order valence-electron chi connectivity index (χ0n) is 11.2. The lowest BCUT2D eigenvalue weighted by Gasteiger charge is -2.16. The van der Waals surface area contributed by atoms with E-state index >= 15 is 0 Å². The van der Waals surface area contributed by atoms with E-state index in [0.717, 1.165) is 11.0 Å². The molecule has 0 unspecified atom stereocenters. The molecule has 0 radical (unpaired) electrons. The van der Waals surface area contributed by atoms with Crippen LogP contribution in [0.15, 0.2) is 24.3 Å². The van der Waals surface area contributed by atoms with Gasteiger partial charge in [-0.1, -0.05) is 17.3 Å². The van der Waals surface area contributed by atoms with Gasteiger partial charge in [-0.15, -0.1) is 5.10 Å². The summed E-state index contributed by atoms with van der Waals surface area (Å²) in [7, 11) is -3.03. The van der Waals surface area contributed by atoms with Crippen LogP contribution in [-0.4, -0.2) is 34.4 Å². The second-order valence-electron chi connectivity index (χ2n) is 3.97. The van der Waals surface area contributed by atoms with Crippen LogP contribution in [0.1, 0.15) is 13.8 Å². The van der Waals surface area contributed by atoms with E-state index in [1.54, 1.807) is 18.5 Å². The fourth-order valence-electron chi connectivity index (χ4n) is 1.86. The maximum atomic E-state index is 12.3. The predicted molar refractivity (Wildman–Crippen MR) is 73.3 cm³/mol. The number of benzene rings is 1. The summed E-state index contributed by atoms with van der Waals surface area (Å²) in [5, 5.41) is 8.11. The van der Waals surface area contributed by atoms with Gasteiger partial charge in [0.2, 0.25) is 0 Å². The van der Waals surface area contributed by atoms with Crippen molar-refractivity contribution < 1.29 is 13.6 Å². The molecule has 1 aromatic heterocycles. The Hall–Kier alpha value is -1.23. The maximum Gasteiger partial charge on any atom is 0.332 e. The van der Waals surface area contributed by atoms with Gasteiger partial charge in [-0.25, -0.2) is 4.68 Å². The van der Waals surface area contributed by atoms with Crippen molar-refractivity contribution in [1.82, 2.24) is 15.0 Å². The van der Waals surface area contributed by atoms with Crippen LogP contribution in [0, 0.1) is 0 Å². The highest BCUT2D eigenvalue weighted by atomic mass is 31.2. The molecule has 0 atom stereocenters. The van der Waals surface area contributed by atoms with E-state index in [2.05, 4.69) is 10.3 Å². The first-order valence-corrected chi connectivity index (χ1v) is 8.07. The number of hydrogen-bond acceptors (Lipinski definition) is 5. The third-order valence-electron chi connectivity index (χ3n) is 2.66. The van der Waals surface area contributed by atoms with Crippen LogP contribution >= 0.6 is 7.60 Å². The van der Waals surface area contributed by atoms with Crippen LogP contribution in [0.2, 0.25) is 0 Å². The standard InChI is InChI=1S/C12H18N3O3P/c1-3-17-19(16,18-4-2)10-9-15-12-8-6-5-7-11(12)13-14-15/h5-8H,3-4,9-10H2,1-2H3. The molecule has 2 aromatic rings. The van der Waals surface area contributed by atoms with Gasteiger partial charge in [-0.05, 0) is 26.0 Å². The molecule has 0 saturated carbocycles. The molecular weight excluding hydrogens is 265 g/mol. The van der Waals surface area contributed by atoms with Crippen molar-refractivity contribution in [3.05, 3.63) is 24.3 Å². The highest BCUT2D eigenvalue weighted by Crippen LogP contribution is 2.47. The van der Waals surface area contributed by atoms with Crippen LogP contribution in [-0.2, 0) is 20.2 Å². The molecule has 0 amide bonds. The summed E-state index contributed by atoms with van der Waals surface area (Å²) in [6, 6.07) is 7.66. The molecule has 1 heterocycles. The van der Waals surface area contributed by atoms with Gasteiger partial charge < -0.3 is 9.05 Å². The van der Waals surface area contributed by atoms with E-state index in [0.29, 0.717) is 25.9 Å². The number of aryl methyl sites for hydroxylation is 1. The number of rotatable bonds is 7. The third kappa shape index (κ3) is 3.41. The topological polar surface area (TPSA) is 66.2 Å². The van der Waals surface area contributed by atoms with E-state index in [9.17, 15) is 4.57 Å². The third-order valence-corrected chi connectivity index (χ3v) is 4.71. The lowest BCUT2D eigenvalue weighted by Crippen LogP contribution is -2.08. The Bertz CT molecular complexity index is 574. The van der Waals surface area contributed by atoms with Crippen molar-refractivity contribution in [3.8, 4) is 0 Å². The Morgan fingerprint density at radius 2 is 1.89 bits per heavy atom. The van der Waals surface area contributed by atoms with Gasteiger partial charge in [0.25, 0.3) is 0 Å². The van der Waals surface area contributed by atoms with Gasteiger partial charge in [-0.3, -0.25) is 4.57 Å². The summed E-state index contributed by atoms with van der Waals surface area (Å²) in [6.07, 6.45) is 0.294. The first kappa shape index (κ1) is 14.2. The molecule has 0 N–H and O–H groups in total. The molecule has 1 aromatic carbocycles. The van der Waals surface area contributed by atoms with Crippen LogP contribution in [0.4, 0.5) is 0 Å². The SMILES string of the molecule is CCOP(=O)(CCn1nnc2ccccc21)OCC. The zero-order chi connectivity index (χ0) is 13.7. The molecule has 0 aliphatic heterocycles. The summed E-state index contributed by atoms with van der Waals surface area (Å²) in [6.45, 7) is 4.80. The Kier molecular flexibility index (Phi) is 4.69. The average Bonchev–Trinajstić information content (AvgIpc) is 2.80. The molecule has 7 heteroatoms. The maximum absolute atomic E-state index is 12.3. The van der Waals surface area contributed by atoms with E-state index in [1.165, 1.54) is 0 Å². The van der Waals surface area contributed by atoms with Gasteiger partial charge in [0.15, 0.2) is 0 Å². The van der Waals surface area contributed by atoms with E-state index in [4.69, 9.17) is 9.05 Å². The quantitative estimate of drug-likeness (QED) is 0.731. The lowest BCUT2D eigenvalue weighted by atomic mass is 10.3. The first-order valence-electron chi connectivity index (χ1n) is 6.35. The molecule has 0 aliphatic carbocycles. The minimum atomic E-state index is -3.03. The zero-order valence-corrected chi connectivity index (χ0v) is 12.0. The van der Waals surface area contributed by atoms with Gasteiger partial charge >= 0.3 is 7.60 Å². The highest BCUT2D eigenvalue weighted by Gasteiger charge is 2.23. The average molecular weight is 283 g/mol. The van der Waals surface area contributed by atoms with E-state index < -0.39 is 7.60 Å². The van der Waals surface area contributed by atoms with Crippen molar-refractivity contribution in [2.45, 2.75) is 20.4 Å². The molecule has 0 fully saturated rings. The first-order chi connectivity index (χ1) is 9.18. The van der Waals surface area contributed by atoms with Crippen LogP contribution in [0.5, 0.6) is 0 Å². The summed E-state index contributed by atoms with van der Waals surface area (Å²) in [4.78, 5) is 0. The molecule has 6 nitrogen and oxygen atoms in total. The van der Waals surface area contributed by atoms with Crippen LogP contribution < -0.4 is 0 Å². The summed E-state index contributed by atoms with van der Waals surface area (Å²) in [5.41, 5.74) is 1.74. The molecule has 104 valence electrons. The monoisotopic (exact) mass is 283 g/mol. The fourth-order valence-corrected chi connectivity index (χ4v) is 3.41. The van der Waals surface area contributed by atoms with Crippen LogP contribution in [0.25, 0.3) is 11.0 Å². The molecule has 19 heavy (non-hydrogen) atoms. The van der Waals surface area contributed by atoms with Gasteiger partial charge in [-0.2, -0.15) is 0 Å². The summed E-state index contributed by atoms with van der Waals surface area (Å²) < 4.78 is 24.6. The van der Waals surface area contributed by atoms with E-state index in [-0.39, 0.29) is 0 Å². The van der Waals surface area contributed by atoms with Crippen molar-refractivity contribution in [2.24, 2.45) is 0 Å². The molecule has 0 saturated heterocycles. The summed E-state index contributed by atoms with van der Waals surface area (Å²) >= 11 is 0. The minimum Gasteiger partial charge on any atom is -0.309 e.